The lowest BCUT2D eigenvalue weighted by Gasteiger charge is -2.32. The molecule has 4 heteroatoms. The van der Waals surface area contributed by atoms with Crippen molar-refractivity contribution in [3.63, 3.8) is 0 Å². The summed E-state index contributed by atoms with van der Waals surface area (Å²) in [5, 5.41) is 11.4. The SMILES string of the molecule is OC(CCN1CCC2CCCCC21)c1cccc(Cl)c1Cl. The molecule has 21 heavy (non-hydrogen) atoms. The van der Waals surface area contributed by atoms with Gasteiger partial charge in [-0.2, -0.15) is 0 Å². The highest BCUT2D eigenvalue weighted by molar-refractivity contribution is 6.42. The molecule has 0 radical (unpaired) electrons. The molecule has 0 spiro atoms. The maximum atomic E-state index is 10.4. The summed E-state index contributed by atoms with van der Waals surface area (Å²) in [5.41, 5.74) is 0.753. The third-order valence-corrected chi connectivity index (χ3v) is 5.99. The number of aliphatic hydroxyl groups excluding tert-OH is 1. The molecule has 1 N–H and O–H groups in total. The van der Waals surface area contributed by atoms with Crippen LogP contribution in [0.2, 0.25) is 10.0 Å². The minimum atomic E-state index is -0.529. The van der Waals surface area contributed by atoms with E-state index in [0.29, 0.717) is 10.0 Å². The number of hydrogen-bond donors (Lipinski definition) is 1. The Kier molecular flexibility index (Phi) is 5.11. The quantitative estimate of drug-likeness (QED) is 0.867. The summed E-state index contributed by atoms with van der Waals surface area (Å²) in [6.07, 6.45) is 7.01. The molecule has 0 aromatic heterocycles. The Labute approximate surface area is 137 Å². The molecule has 1 aromatic rings. The molecule has 2 aliphatic rings. The normalized spacial score (nSPS) is 27.6. The van der Waals surface area contributed by atoms with Crippen LogP contribution in [-0.4, -0.2) is 29.1 Å². The molecule has 3 rings (SSSR count). The van der Waals surface area contributed by atoms with Crippen molar-refractivity contribution in [1.82, 2.24) is 4.90 Å². The van der Waals surface area contributed by atoms with E-state index in [1.165, 1.54) is 38.6 Å². The topological polar surface area (TPSA) is 23.5 Å². The Morgan fingerprint density at radius 2 is 2.00 bits per heavy atom. The van der Waals surface area contributed by atoms with Gasteiger partial charge in [0.1, 0.15) is 0 Å². The first-order valence-corrected chi connectivity index (χ1v) is 8.78. The number of nitrogens with zero attached hydrogens (tertiary/aromatic N) is 1. The first-order chi connectivity index (χ1) is 10.2. The largest absolute Gasteiger partial charge is 0.388 e. The average Bonchev–Trinajstić information content (AvgIpc) is 2.91. The van der Waals surface area contributed by atoms with Crippen LogP contribution in [0.15, 0.2) is 18.2 Å². The molecule has 1 saturated carbocycles. The first-order valence-electron chi connectivity index (χ1n) is 8.03. The maximum Gasteiger partial charge on any atom is 0.0817 e. The van der Waals surface area contributed by atoms with Crippen molar-refractivity contribution in [3.8, 4) is 0 Å². The second-order valence-electron chi connectivity index (χ2n) is 6.38. The van der Waals surface area contributed by atoms with Crippen LogP contribution in [0.5, 0.6) is 0 Å². The Bertz CT molecular complexity index is 494. The summed E-state index contributed by atoms with van der Waals surface area (Å²) in [4.78, 5) is 2.57. The third-order valence-electron chi connectivity index (χ3n) is 5.16. The summed E-state index contributed by atoms with van der Waals surface area (Å²) in [6.45, 7) is 2.14. The van der Waals surface area contributed by atoms with E-state index in [1.807, 2.05) is 12.1 Å². The van der Waals surface area contributed by atoms with Gasteiger partial charge >= 0.3 is 0 Å². The Morgan fingerprint density at radius 3 is 2.86 bits per heavy atom. The average molecular weight is 328 g/mol. The number of aliphatic hydroxyl groups is 1. The lowest BCUT2D eigenvalue weighted by atomic mass is 9.85. The molecule has 2 nitrogen and oxygen atoms in total. The van der Waals surface area contributed by atoms with Gasteiger partial charge in [-0.25, -0.2) is 0 Å². The molecule has 1 aliphatic carbocycles. The van der Waals surface area contributed by atoms with Gasteiger partial charge < -0.3 is 5.11 Å². The van der Waals surface area contributed by atoms with Crippen LogP contribution in [0, 0.1) is 5.92 Å². The van der Waals surface area contributed by atoms with Crippen LogP contribution >= 0.6 is 23.2 Å². The van der Waals surface area contributed by atoms with Crippen molar-refractivity contribution >= 4 is 23.2 Å². The second-order valence-corrected chi connectivity index (χ2v) is 7.17. The van der Waals surface area contributed by atoms with Crippen molar-refractivity contribution in [2.24, 2.45) is 5.92 Å². The van der Waals surface area contributed by atoms with Gasteiger partial charge in [0, 0.05) is 18.2 Å². The second kappa shape index (κ2) is 6.87. The predicted molar refractivity (Wildman–Crippen MR) is 88.0 cm³/mol. The molecular weight excluding hydrogens is 305 g/mol. The number of fused-ring (bicyclic) bond motifs is 1. The molecule has 1 aromatic carbocycles. The minimum Gasteiger partial charge on any atom is -0.388 e. The monoisotopic (exact) mass is 327 g/mol. The molecule has 3 atom stereocenters. The molecule has 0 amide bonds. The zero-order valence-corrected chi connectivity index (χ0v) is 13.8. The van der Waals surface area contributed by atoms with E-state index >= 15 is 0 Å². The minimum absolute atomic E-state index is 0.489. The van der Waals surface area contributed by atoms with Crippen LogP contribution in [0.1, 0.15) is 50.2 Å². The zero-order chi connectivity index (χ0) is 14.8. The zero-order valence-electron chi connectivity index (χ0n) is 12.3. The van der Waals surface area contributed by atoms with E-state index < -0.39 is 6.10 Å². The van der Waals surface area contributed by atoms with Crippen molar-refractivity contribution < 1.29 is 5.11 Å². The van der Waals surface area contributed by atoms with Crippen LogP contribution in [0.3, 0.4) is 0 Å². The van der Waals surface area contributed by atoms with Gasteiger partial charge in [0.2, 0.25) is 0 Å². The van der Waals surface area contributed by atoms with Crippen LogP contribution < -0.4 is 0 Å². The van der Waals surface area contributed by atoms with E-state index in [0.717, 1.165) is 30.5 Å². The molecule has 1 aliphatic heterocycles. The van der Waals surface area contributed by atoms with Gasteiger partial charge in [0.05, 0.1) is 16.1 Å². The lowest BCUT2D eigenvalue weighted by molar-refractivity contribution is 0.123. The van der Waals surface area contributed by atoms with E-state index in [-0.39, 0.29) is 0 Å². The number of rotatable bonds is 4. The summed E-state index contributed by atoms with van der Waals surface area (Å²) in [6, 6.07) is 6.22. The van der Waals surface area contributed by atoms with Gasteiger partial charge in [-0.15, -0.1) is 0 Å². The molecule has 3 unspecified atom stereocenters. The molecule has 1 saturated heterocycles. The maximum absolute atomic E-state index is 10.4. The predicted octanol–water partition coefficient (Wildman–Crippen LogP) is 4.68. The van der Waals surface area contributed by atoms with Gasteiger partial charge in [0.25, 0.3) is 0 Å². The molecule has 2 fully saturated rings. The summed E-state index contributed by atoms with van der Waals surface area (Å²) in [5.74, 6) is 0.894. The van der Waals surface area contributed by atoms with E-state index in [1.54, 1.807) is 6.07 Å². The third kappa shape index (κ3) is 3.39. The van der Waals surface area contributed by atoms with Gasteiger partial charge in [0.15, 0.2) is 0 Å². The molecule has 0 bridgehead atoms. The fourth-order valence-corrected chi connectivity index (χ4v) is 4.44. The smallest absolute Gasteiger partial charge is 0.0817 e. The van der Waals surface area contributed by atoms with Crippen LogP contribution in [0.25, 0.3) is 0 Å². The highest BCUT2D eigenvalue weighted by Gasteiger charge is 2.35. The van der Waals surface area contributed by atoms with E-state index in [4.69, 9.17) is 23.2 Å². The van der Waals surface area contributed by atoms with E-state index in [2.05, 4.69) is 4.90 Å². The first kappa shape index (κ1) is 15.6. The number of benzene rings is 1. The number of halogens is 2. The Balaban J connectivity index is 1.58. The molecular formula is C17H23Cl2NO. The fraction of sp³-hybridized carbons (Fsp3) is 0.647. The number of hydrogen-bond acceptors (Lipinski definition) is 2. The van der Waals surface area contributed by atoms with Crippen molar-refractivity contribution in [2.75, 3.05) is 13.1 Å². The van der Waals surface area contributed by atoms with Crippen molar-refractivity contribution in [3.05, 3.63) is 33.8 Å². The highest BCUT2D eigenvalue weighted by atomic mass is 35.5. The summed E-state index contributed by atoms with van der Waals surface area (Å²) < 4.78 is 0. The van der Waals surface area contributed by atoms with Crippen molar-refractivity contribution in [1.29, 1.82) is 0 Å². The van der Waals surface area contributed by atoms with Crippen LogP contribution in [-0.2, 0) is 0 Å². The van der Waals surface area contributed by atoms with Gasteiger partial charge in [-0.3, -0.25) is 4.90 Å². The van der Waals surface area contributed by atoms with Gasteiger partial charge in [-0.05, 0) is 44.2 Å². The van der Waals surface area contributed by atoms with Gasteiger partial charge in [-0.1, -0.05) is 48.2 Å². The Morgan fingerprint density at radius 1 is 1.19 bits per heavy atom. The number of likely N-dealkylation sites (tertiary alicyclic amines) is 1. The molecule has 116 valence electrons. The summed E-state index contributed by atoms with van der Waals surface area (Å²) >= 11 is 12.2. The molecule has 1 heterocycles. The van der Waals surface area contributed by atoms with Crippen LogP contribution in [0.4, 0.5) is 0 Å². The lowest BCUT2D eigenvalue weighted by Crippen LogP contribution is -2.35. The standard InChI is InChI=1S/C17H23Cl2NO/c18-14-6-3-5-13(17(14)19)16(21)9-11-20-10-8-12-4-1-2-7-15(12)20/h3,5-6,12,15-16,21H,1-2,4,7-11H2. The highest BCUT2D eigenvalue weighted by Crippen LogP contribution is 2.37. The Hall–Kier alpha value is -0.280. The fourth-order valence-electron chi connectivity index (χ4n) is 4.00. The van der Waals surface area contributed by atoms with E-state index in [9.17, 15) is 5.11 Å². The van der Waals surface area contributed by atoms with Crippen molar-refractivity contribution in [2.45, 2.75) is 50.7 Å². The summed E-state index contributed by atoms with van der Waals surface area (Å²) in [7, 11) is 0.